The highest BCUT2D eigenvalue weighted by Gasteiger charge is 2.22. The molecule has 3 aromatic rings. The van der Waals surface area contributed by atoms with Gasteiger partial charge in [0.1, 0.15) is 13.2 Å². The number of nitrogens with zero attached hydrogens (tertiary/aromatic N) is 2. The summed E-state index contributed by atoms with van der Waals surface area (Å²) in [6, 6.07) is 22.8. The van der Waals surface area contributed by atoms with E-state index in [1.54, 1.807) is 36.4 Å². The van der Waals surface area contributed by atoms with E-state index in [1.165, 1.54) is 18.0 Å². The Balaban J connectivity index is 1.75. The minimum Gasteiger partial charge on any atom is -0.313 e. The van der Waals surface area contributed by atoms with Crippen molar-refractivity contribution in [2.75, 3.05) is 18.5 Å². The molecule has 0 bridgehead atoms. The fraction of sp³-hybridized carbons (Fsp3) is 0.125. The fourth-order valence-corrected chi connectivity index (χ4v) is 3.12. The average Bonchev–Trinajstić information content (AvgIpc) is 2.81. The monoisotopic (exact) mass is 436 g/mol. The summed E-state index contributed by atoms with van der Waals surface area (Å²) >= 11 is 6.11. The summed E-state index contributed by atoms with van der Waals surface area (Å²) in [6.45, 7) is -0.163. The second kappa shape index (κ2) is 10.5. The van der Waals surface area contributed by atoms with Gasteiger partial charge in [0.25, 0.3) is 0 Å². The van der Waals surface area contributed by atoms with Crippen LogP contribution in [0.15, 0.2) is 78.9 Å². The third kappa shape index (κ3) is 5.78. The lowest BCUT2D eigenvalue weighted by atomic mass is 10.0. The lowest BCUT2D eigenvalue weighted by Gasteiger charge is -2.23. The van der Waals surface area contributed by atoms with Gasteiger partial charge >= 0.3 is 0 Å². The molecule has 0 heterocycles. The minimum absolute atomic E-state index is 0.148. The van der Waals surface area contributed by atoms with Gasteiger partial charge in [0.2, 0.25) is 12.3 Å². The Hall–Kier alpha value is -3.48. The number of likely N-dealkylation sites (N-methyl/N-ethyl adjacent to an activating group) is 1. The molecule has 0 saturated heterocycles. The topological polar surface area (TPSA) is 66.9 Å². The molecule has 0 aromatic heterocycles. The number of rotatable bonds is 9. The third-order valence-electron chi connectivity index (χ3n) is 4.62. The van der Waals surface area contributed by atoms with E-state index in [4.69, 9.17) is 16.4 Å². The molecule has 0 aliphatic heterocycles. The third-order valence-corrected chi connectivity index (χ3v) is 4.86. The molecule has 7 heteroatoms. The van der Waals surface area contributed by atoms with Gasteiger partial charge in [-0.1, -0.05) is 72.3 Å². The number of ketones is 1. The summed E-state index contributed by atoms with van der Waals surface area (Å²) in [5.74, 6) is -0.685. The summed E-state index contributed by atoms with van der Waals surface area (Å²) in [6.07, 6.45) is 0.451. The Morgan fingerprint density at radius 3 is 2.26 bits per heavy atom. The van der Waals surface area contributed by atoms with E-state index in [-0.39, 0.29) is 24.5 Å². The smallest absolute Gasteiger partial charge is 0.249 e. The van der Waals surface area contributed by atoms with Crippen molar-refractivity contribution in [3.05, 3.63) is 101 Å². The van der Waals surface area contributed by atoms with Gasteiger partial charge in [-0.15, -0.1) is 0 Å². The number of halogens is 1. The molecule has 0 saturated carbocycles. The van der Waals surface area contributed by atoms with Gasteiger partial charge in [0, 0.05) is 23.2 Å². The van der Waals surface area contributed by atoms with Crippen LogP contribution >= 0.6 is 11.6 Å². The van der Waals surface area contributed by atoms with E-state index in [1.807, 2.05) is 36.4 Å². The highest BCUT2D eigenvalue weighted by atomic mass is 35.5. The Morgan fingerprint density at radius 1 is 0.968 bits per heavy atom. The largest absolute Gasteiger partial charge is 0.313 e. The zero-order chi connectivity index (χ0) is 22.2. The van der Waals surface area contributed by atoms with Gasteiger partial charge in [-0.3, -0.25) is 19.2 Å². The van der Waals surface area contributed by atoms with E-state index in [2.05, 4.69) is 0 Å². The molecule has 0 radical (unpaired) electrons. The molecular weight excluding hydrogens is 416 g/mol. The molecule has 0 atom stereocenters. The maximum absolute atomic E-state index is 13.0. The SMILES string of the molecule is CN(C(=O)CN(C=O)OCc1ccccc1)c1ccc(Cl)cc1C(=O)c1ccccc1. The molecule has 0 aliphatic rings. The molecule has 3 aromatic carbocycles. The van der Waals surface area contributed by atoms with E-state index in [0.29, 0.717) is 22.7 Å². The molecule has 158 valence electrons. The number of hydrogen-bond acceptors (Lipinski definition) is 4. The Kier molecular flexibility index (Phi) is 7.54. The molecule has 0 spiro atoms. The zero-order valence-corrected chi connectivity index (χ0v) is 17.7. The van der Waals surface area contributed by atoms with E-state index >= 15 is 0 Å². The molecule has 0 aliphatic carbocycles. The zero-order valence-electron chi connectivity index (χ0n) is 16.9. The van der Waals surface area contributed by atoms with Crippen LogP contribution < -0.4 is 4.90 Å². The highest BCUT2D eigenvalue weighted by molar-refractivity contribution is 6.31. The second-order valence-corrected chi connectivity index (χ2v) is 7.19. The molecule has 6 nitrogen and oxygen atoms in total. The van der Waals surface area contributed by atoms with Crippen molar-refractivity contribution in [2.24, 2.45) is 0 Å². The number of anilines is 1. The Labute approximate surface area is 185 Å². The molecule has 0 fully saturated rings. The van der Waals surface area contributed by atoms with E-state index in [9.17, 15) is 14.4 Å². The first-order chi connectivity index (χ1) is 15.0. The summed E-state index contributed by atoms with van der Waals surface area (Å²) in [4.78, 5) is 43.9. The van der Waals surface area contributed by atoms with Gasteiger partial charge in [0.05, 0.1) is 5.69 Å². The lowest BCUT2D eigenvalue weighted by molar-refractivity contribution is -0.179. The van der Waals surface area contributed by atoms with E-state index < -0.39 is 5.91 Å². The number of carbonyl (C=O) groups is 3. The summed E-state index contributed by atoms with van der Waals surface area (Å²) in [5.41, 5.74) is 2.02. The first-order valence-electron chi connectivity index (χ1n) is 9.54. The molecule has 2 amide bonds. The minimum atomic E-state index is -0.426. The number of amides is 2. The van der Waals surface area contributed by atoms with Crippen LogP contribution in [0.4, 0.5) is 5.69 Å². The average molecular weight is 437 g/mol. The number of hydrogen-bond donors (Lipinski definition) is 0. The van der Waals surface area contributed by atoms with Crippen molar-refractivity contribution < 1.29 is 19.2 Å². The van der Waals surface area contributed by atoms with Crippen molar-refractivity contribution in [1.29, 1.82) is 0 Å². The van der Waals surface area contributed by atoms with Crippen LogP contribution in [-0.4, -0.2) is 36.8 Å². The van der Waals surface area contributed by atoms with E-state index in [0.717, 1.165) is 10.6 Å². The standard InChI is InChI=1S/C24H21ClN2O4/c1-26(23(29)15-27(17-28)31-16-18-8-4-2-5-9-18)22-13-12-20(25)14-21(22)24(30)19-10-6-3-7-11-19/h2-14,17H,15-16H2,1H3. The first kappa shape index (κ1) is 22.2. The predicted octanol–water partition coefficient (Wildman–Crippen LogP) is 4.12. The maximum atomic E-state index is 13.0. The van der Waals surface area contributed by atoms with Crippen molar-refractivity contribution in [3.8, 4) is 0 Å². The van der Waals surface area contributed by atoms with Gasteiger partial charge in [-0.2, -0.15) is 0 Å². The van der Waals surface area contributed by atoms with Crippen LogP contribution in [0.1, 0.15) is 21.5 Å². The predicted molar refractivity (Wildman–Crippen MR) is 119 cm³/mol. The molecule has 3 rings (SSSR count). The Morgan fingerprint density at radius 2 is 1.61 bits per heavy atom. The quantitative estimate of drug-likeness (QED) is 0.287. The van der Waals surface area contributed by atoms with Crippen molar-refractivity contribution >= 4 is 35.4 Å². The maximum Gasteiger partial charge on any atom is 0.249 e. The van der Waals surface area contributed by atoms with Crippen LogP contribution in [0.3, 0.4) is 0 Å². The van der Waals surface area contributed by atoms with Crippen LogP contribution in [0.25, 0.3) is 0 Å². The number of hydroxylamine groups is 2. The lowest BCUT2D eigenvalue weighted by Crippen LogP contribution is -2.38. The summed E-state index contributed by atoms with van der Waals surface area (Å²) < 4.78 is 0. The summed E-state index contributed by atoms with van der Waals surface area (Å²) in [5, 5.41) is 1.31. The van der Waals surface area contributed by atoms with Gasteiger partial charge in [0.15, 0.2) is 5.78 Å². The first-order valence-corrected chi connectivity index (χ1v) is 9.92. The number of carbonyl (C=O) groups excluding carboxylic acids is 3. The summed E-state index contributed by atoms with van der Waals surface area (Å²) in [7, 11) is 1.54. The van der Waals surface area contributed by atoms with Gasteiger partial charge in [-0.25, -0.2) is 5.06 Å². The molecule has 0 unspecified atom stereocenters. The van der Waals surface area contributed by atoms with Crippen LogP contribution in [-0.2, 0) is 21.0 Å². The van der Waals surface area contributed by atoms with Crippen molar-refractivity contribution in [3.63, 3.8) is 0 Å². The van der Waals surface area contributed by atoms with Crippen LogP contribution in [0.5, 0.6) is 0 Å². The highest BCUT2D eigenvalue weighted by Crippen LogP contribution is 2.26. The fourth-order valence-electron chi connectivity index (χ4n) is 2.95. The van der Waals surface area contributed by atoms with Crippen molar-refractivity contribution in [1.82, 2.24) is 5.06 Å². The van der Waals surface area contributed by atoms with Crippen molar-refractivity contribution in [2.45, 2.75) is 6.61 Å². The van der Waals surface area contributed by atoms with Gasteiger partial charge in [-0.05, 0) is 23.8 Å². The van der Waals surface area contributed by atoms with Gasteiger partial charge < -0.3 is 4.90 Å². The normalized spacial score (nSPS) is 10.4. The molecule has 0 N–H and O–H groups in total. The van der Waals surface area contributed by atoms with Crippen LogP contribution in [0, 0.1) is 0 Å². The second-order valence-electron chi connectivity index (χ2n) is 6.75. The van der Waals surface area contributed by atoms with Crippen LogP contribution in [0.2, 0.25) is 5.02 Å². The molecule has 31 heavy (non-hydrogen) atoms. The Bertz CT molecular complexity index is 1060. The number of benzene rings is 3. The molecular formula is C24H21ClN2O4.